The van der Waals surface area contributed by atoms with Crippen LogP contribution in [-0.2, 0) is 4.79 Å². The molecule has 0 aliphatic carbocycles. The zero-order valence-electron chi connectivity index (χ0n) is 13.3. The maximum Gasteiger partial charge on any atom is 0.265 e. The first-order valence-corrected chi connectivity index (χ1v) is 8.32. The second kappa shape index (κ2) is 7.59. The minimum absolute atomic E-state index is 0.300. The number of amides is 1. The molecule has 0 radical (unpaired) electrons. The summed E-state index contributed by atoms with van der Waals surface area (Å²) in [6.45, 7) is 1.65. The van der Waals surface area contributed by atoms with Gasteiger partial charge in [-0.3, -0.25) is 4.79 Å². The van der Waals surface area contributed by atoms with E-state index in [2.05, 4.69) is 10.4 Å². The average Bonchev–Trinajstić information content (AvgIpc) is 3.12. The number of hydrogen-bond acceptors (Lipinski definition) is 3. The van der Waals surface area contributed by atoms with Crippen molar-refractivity contribution in [3.63, 3.8) is 0 Å². The molecule has 0 saturated carbocycles. The van der Waals surface area contributed by atoms with E-state index in [-0.39, 0.29) is 5.91 Å². The van der Waals surface area contributed by atoms with Crippen molar-refractivity contribution in [1.82, 2.24) is 9.78 Å². The van der Waals surface area contributed by atoms with E-state index in [4.69, 9.17) is 27.9 Å². The Labute approximate surface area is 155 Å². The molecule has 5 nitrogen and oxygen atoms in total. The molecule has 3 aromatic rings. The molecule has 25 heavy (non-hydrogen) atoms. The molecule has 0 bridgehead atoms. The molecule has 128 valence electrons. The number of carbonyl (C=O) groups is 1. The number of halogens is 2. The number of para-hydroxylation sites is 2. The van der Waals surface area contributed by atoms with Crippen LogP contribution in [0.4, 0.5) is 5.69 Å². The highest BCUT2D eigenvalue weighted by Gasteiger charge is 2.18. The summed E-state index contributed by atoms with van der Waals surface area (Å²) in [7, 11) is 0. The topological polar surface area (TPSA) is 56.1 Å². The molecule has 0 aliphatic rings. The van der Waals surface area contributed by atoms with E-state index in [1.54, 1.807) is 48.3 Å². The third-order valence-electron chi connectivity index (χ3n) is 3.48. The first-order chi connectivity index (χ1) is 12.0. The fraction of sp³-hybridized carbons (Fsp3) is 0.111. The van der Waals surface area contributed by atoms with Crippen molar-refractivity contribution in [3.05, 3.63) is 71.0 Å². The molecule has 1 aromatic heterocycles. The molecular formula is C18H15Cl2N3O2. The zero-order valence-corrected chi connectivity index (χ0v) is 14.8. The van der Waals surface area contributed by atoms with Crippen LogP contribution in [0.1, 0.15) is 6.92 Å². The van der Waals surface area contributed by atoms with Crippen LogP contribution in [0.5, 0.6) is 5.75 Å². The van der Waals surface area contributed by atoms with Gasteiger partial charge in [-0.15, -0.1) is 0 Å². The molecule has 0 fully saturated rings. The van der Waals surface area contributed by atoms with Gasteiger partial charge in [0.15, 0.2) is 6.10 Å². The quantitative estimate of drug-likeness (QED) is 0.709. The standard InChI is InChI=1S/C18H15Cl2N3O2/c1-12(25-17-8-7-13(19)11-14(17)20)18(24)22-15-5-2-3-6-16(15)23-10-4-9-21-23/h2-12H,1H3,(H,22,24). The van der Waals surface area contributed by atoms with Gasteiger partial charge in [-0.25, -0.2) is 4.68 Å². The summed E-state index contributed by atoms with van der Waals surface area (Å²) in [6.07, 6.45) is 2.73. The fourth-order valence-electron chi connectivity index (χ4n) is 2.24. The van der Waals surface area contributed by atoms with Crippen LogP contribution >= 0.6 is 23.2 Å². The minimum atomic E-state index is -0.746. The lowest BCUT2D eigenvalue weighted by atomic mass is 10.2. The maximum atomic E-state index is 12.5. The maximum absolute atomic E-state index is 12.5. The summed E-state index contributed by atoms with van der Waals surface area (Å²) < 4.78 is 7.32. The van der Waals surface area contributed by atoms with Crippen molar-refractivity contribution in [2.45, 2.75) is 13.0 Å². The van der Waals surface area contributed by atoms with Crippen LogP contribution in [0.25, 0.3) is 5.69 Å². The fourth-order valence-corrected chi connectivity index (χ4v) is 2.69. The predicted molar refractivity (Wildman–Crippen MR) is 98.7 cm³/mol. The zero-order chi connectivity index (χ0) is 17.8. The molecule has 0 saturated heterocycles. The summed E-state index contributed by atoms with van der Waals surface area (Å²) in [5, 5.41) is 7.90. The van der Waals surface area contributed by atoms with Gasteiger partial charge in [-0.05, 0) is 43.3 Å². The summed E-state index contributed by atoms with van der Waals surface area (Å²) in [6, 6.07) is 14.0. The van der Waals surface area contributed by atoms with Gasteiger partial charge in [0, 0.05) is 17.4 Å². The molecule has 0 spiro atoms. The van der Waals surface area contributed by atoms with Gasteiger partial charge in [0.2, 0.25) is 0 Å². The minimum Gasteiger partial charge on any atom is -0.479 e. The highest BCUT2D eigenvalue weighted by Crippen LogP contribution is 2.28. The Hall–Kier alpha value is -2.50. The molecule has 7 heteroatoms. The number of carbonyl (C=O) groups excluding carboxylic acids is 1. The smallest absolute Gasteiger partial charge is 0.265 e. The lowest BCUT2D eigenvalue weighted by molar-refractivity contribution is -0.122. The Morgan fingerprint density at radius 1 is 1.20 bits per heavy atom. The molecule has 1 amide bonds. The van der Waals surface area contributed by atoms with E-state index >= 15 is 0 Å². The molecule has 1 N–H and O–H groups in total. The third kappa shape index (κ3) is 4.13. The average molecular weight is 376 g/mol. The van der Waals surface area contributed by atoms with Crippen molar-refractivity contribution in [3.8, 4) is 11.4 Å². The van der Waals surface area contributed by atoms with Gasteiger partial charge >= 0.3 is 0 Å². The lowest BCUT2D eigenvalue weighted by Crippen LogP contribution is -2.30. The lowest BCUT2D eigenvalue weighted by Gasteiger charge is -2.17. The van der Waals surface area contributed by atoms with Crippen molar-refractivity contribution in [2.24, 2.45) is 0 Å². The molecule has 1 unspecified atom stereocenters. The van der Waals surface area contributed by atoms with Crippen LogP contribution in [0.2, 0.25) is 10.0 Å². The van der Waals surface area contributed by atoms with E-state index in [0.29, 0.717) is 21.5 Å². The van der Waals surface area contributed by atoms with E-state index in [1.807, 2.05) is 24.3 Å². The number of hydrogen-bond donors (Lipinski definition) is 1. The van der Waals surface area contributed by atoms with Gasteiger partial charge in [0.05, 0.1) is 16.4 Å². The number of rotatable bonds is 5. The monoisotopic (exact) mass is 375 g/mol. The van der Waals surface area contributed by atoms with Gasteiger partial charge < -0.3 is 10.1 Å². The molecule has 0 aliphatic heterocycles. The first-order valence-electron chi connectivity index (χ1n) is 7.56. The number of ether oxygens (including phenoxy) is 1. The van der Waals surface area contributed by atoms with E-state index in [9.17, 15) is 4.79 Å². The van der Waals surface area contributed by atoms with E-state index in [1.165, 1.54) is 0 Å². The van der Waals surface area contributed by atoms with Gasteiger partial charge in [-0.1, -0.05) is 35.3 Å². The number of nitrogens with zero attached hydrogens (tertiary/aromatic N) is 2. The highest BCUT2D eigenvalue weighted by atomic mass is 35.5. The van der Waals surface area contributed by atoms with Gasteiger partial charge in [0.25, 0.3) is 5.91 Å². The van der Waals surface area contributed by atoms with Crippen LogP contribution < -0.4 is 10.1 Å². The van der Waals surface area contributed by atoms with Gasteiger partial charge in [-0.2, -0.15) is 5.10 Å². The van der Waals surface area contributed by atoms with E-state index in [0.717, 1.165) is 5.69 Å². The Balaban J connectivity index is 1.74. The summed E-state index contributed by atoms with van der Waals surface area (Å²) in [5.41, 5.74) is 1.39. The molecule has 3 rings (SSSR count). The van der Waals surface area contributed by atoms with Crippen molar-refractivity contribution >= 4 is 34.8 Å². The first kappa shape index (κ1) is 17.3. The normalized spacial score (nSPS) is 11.8. The molecular weight excluding hydrogens is 361 g/mol. The summed E-state index contributed by atoms with van der Waals surface area (Å²) in [4.78, 5) is 12.5. The molecule has 1 heterocycles. The number of nitrogens with one attached hydrogen (secondary N) is 1. The van der Waals surface area contributed by atoms with Crippen molar-refractivity contribution in [2.75, 3.05) is 5.32 Å². The Morgan fingerprint density at radius 2 is 2.00 bits per heavy atom. The Kier molecular flexibility index (Phi) is 5.26. The predicted octanol–water partition coefficient (Wildman–Crippen LogP) is 4.59. The molecule has 2 aromatic carbocycles. The van der Waals surface area contributed by atoms with Crippen LogP contribution in [0.15, 0.2) is 60.9 Å². The number of benzene rings is 2. The molecule has 1 atom stereocenters. The third-order valence-corrected chi connectivity index (χ3v) is 4.01. The number of anilines is 1. The van der Waals surface area contributed by atoms with E-state index < -0.39 is 6.10 Å². The van der Waals surface area contributed by atoms with Crippen molar-refractivity contribution < 1.29 is 9.53 Å². The second-order valence-electron chi connectivity index (χ2n) is 5.29. The largest absolute Gasteiger partial charge is 0.479 e. The highest BCUT2D eigenvalue weighted by molar-refractivity contribution is 6.35. The van der Waals surface area contributed by atoms with Crippen LogP contribution in [-0.4, -0.2) is 21.8 Å². The SMILES string of the molecule is CC(Oc1ccc(Cl)cc1Cl)C(=O)Nc1ccccc1-n1cccn1. The Bertz CT molecular complexity index is 882. The summed E-state index contributed by atoms with van der Waals surface area (Å²) >= 11 is 11.9. The summed E-state index contributed by atoms with van der Waals surface area (Å²) in [5.74, 6) is 0.0969. The second-order valence-corrected chi connectivity index (χ2v) is 6.14. The van der Waals surface area contributed by atoms with Gasteiger partial charge in [0.1, 0.15) is 5.75 Å². The van der Waals surface area contributed by atoms with Crippen LogP contribution in [0, 0.1) is 0 Å². The number of aromatic nitrogens is 2. The van der Waals surface area contributed by atoms with Crippen molar-refractivity contribution in [1.29, 1.82) is 0 Å². The van der Waals surface area contributed by atoms with Crippen LogP contribution in [0.3, 0.4) is 0 Å². The Morgan fingerprint density at radius 3 is 2.72 bits per heavy atom.